The molecular weight excluding hydrogens is 482 g/mol. The third-order valence-electron chi connectivity index (χ3n) is 5.81. The number of aliphatic hydroxyl groups excluding tert-OH is 1. The summed E-state index contributed by atoms with van der Waals surface area (Å²) < 4.78 is 11.1. The van der Waals surface area contributed by atoms with Gasteiger partial charge in [0.15, 0.2) is 11.6 Å². The number of ketones is 1. The van der Waals surface area contributed by atoms with E-state index in [1.165, 1.54) is 13.0 Å². The van der Waals surface area contributed by atoms with Crippen LogP contribution in [0.1, 0.15) is 50.6 Å². The molecule has 1 aromatic rings. The minimum absolute atomic E-state index is 0.0318. The molecule has 2 aliphatic heterocycles. The quantitative estimate of drug-likeness (QED) is 0.491. The normalized spacial score (nSPS) is 26.6. The van der Waals surface area contributed by atoms with E-state index in [1.54, 1.807) is 24.3 Å². The van der Waals surface area contributed by atoms with Crippen LogP contribution < -0.4 is 0 Å². The van der Waals surface area contributed by atoms with E-state index in [-0.39, 0.29) is 24.1 Å². The Hall–Kier alpha value is -2.07. The van der Waals surface area contributed by atoms with Crippen molar-refractivity contribution in [1.29, 1.82) is 0 Å². The van der Waals surface area contributed by atoms with Crippen LogP contribution in [-0.4, -0.2) is 58.0 Å². The van der Waals surface area contributed by atoms with Crippen molar-refractivity contribution in [2.75, 3.05) is 13.2 Å². The molecule has 2 aliphatic rings. The van der Waals surface area contributed by atoms with Crippen molar-refractivity contribution in [3.05, 3.63) is 46.5 Å². The Kier molecular flexibility index (Phi) is 8.21. The fourth-order valence-electron chi connectivity index (χ4n) is 3.94. The molecule has 0 aromatic heterocycles. The number of cyclic esters (lactones) is 1. The minimum atomic E-state index is -1.74. The summed E-state index contributed by atoms with van der Waals surface area (Å²) in [5.41, 5.74) is 0.747. The van der Waals surface area contributed by atoms with Crippen molar-refractivity contribution in [2.45, 2.75) is 57.0 Å². The second kappa shape index (κ2) is 10.7. The molecule has 0 radical (unpaired) electrons. The zero-order valence-electron chi connectivity index (χ0n) is 17.9. The number of halogens is 1. The molecule has 174 valence electrons. The number of rotatable bonds is 9. The number of hydrogen-bond acceptors (Lipinski definition) is 7. The summed E-state index contributed by atoms with van der Waals surface area (Å²) in [6.07, 6.45) is 2.32. The number of nitrogens with zero attached hydrogens (tertiary/aromatic N) is 1. The zero-order valence-corrected chi connectivity index (χ0v) is 19.5. The van der Waals surface area contributed by atoms with Gasteiger partial charge >= 0.3 is 6.09 Å². The average molecular weight is 510 g/mol. The van der Waals surface area contributed by atoms with Gasteiger partial charge in [0.05, 0.1) is 10.4 Å². The van der Waals surface area contributed by atoms with Gasteiger partial charge in [-0.05, 0) is 40.4 Å². The minimum Gasteiger partial charge on any atom is -0.446 e. The molecule has 9 heteroatoms. The maximum atomic E-state index is 13.3. The maximum Gasteiger partial charge on any atom is 0.417 e. The van der Waals surface area contributed by atoms with Crippen molar-refractivity contribution in [1.82, 2.24) is 4.90 Å². The Morgan fingerprint density at radius 3 is 2.59 bits per heavy atom. The van der Waals surface area contributed by atoms with Crippen LogP contribution in [0.15, 0.2) is 40.9 Å². The van der Waals surface area contributed by atoms with Crippen molar-refractivity contribution in [3.63, 3.8) is 0 Å². The summed E-state index contributed by atoms with van der Waals surface area (Å²) >= 11 is 3.22. The van der Waals surface area contributed by atoms with E-state index in [0.29, 0.717) is 12.8 Å². The number of unbranched alkanes of at least 4 members (excludes halogenated alkanes) is 3. The van der Waals surface area contributed by atoms with Crippen LogP contribution in [0.2, 0.25) is 0 Å². The summed E-state index contributed by atoms with van der Waals surface area (Å²) in [6, 6.07) is 8.45. The summed E-state index contributed by atoms with van der Waals surface area (Å²) in [5.74, 6) is -3.82. The lowest BCUT2D eigenvalue weighted by Crippen LogP contribution is -2.51. The lowest BCUT2D eigenvalue weighted by atomic mass is 9.93. The molecule has 4 atom stereocenters. The van der Waals surface area contributed by atoms with E-state index >= 15 is 0 Å². The van der Waals surface area contributed by atoms with E-state index < -0.39 is 41.6 Å². The third kappa shape index (κ3) is 5.28. The molecular formula is C23H28BrNO7. The molecule has 0 aliphatic carbocycles. The number of hydrogen-bond donors (Lipinski definition) is 2. The number of carbonyl (C=O) groups is 3. The van der Waals surface area contributed by atoms with Gasteiger partial charge < -0.3 is 19.7 Å². The van der Waals surface area contributed by atoms with Gasteiger partial charge in [0.2, 0.25) is 5.91 Å². The second-order valence-electron chi connectivity index (χ2n) is 8.11. The first-order valence-electron chi connectivity index (χ1n) is 10.8. The standard InChI is InChI=1S/C23H28BrNO7/c1-15(21(28)25-17(14-31-22(25)29)16-9-5-4-6-10-16)20-18(27)13-19(24)23(30,32-20)11-7-2-3-8-12-26/h4-6,9-10,13,15,17,20,26,30H,2-3,7-8,11-12,14H2,1H3. The zero-order chi connectivity index (χ0) is 23.3. The second-order valence-corrected chi connectivity index (χ2v) is 8.96. The fourth-order valence-corrected chi connectivity index (χ4v) is 4.45. The first kappa shape index (κ1) is 24.6. The van der Waals surface area contributed by atoms with Crippen LogP contribution in [0, 0.1) is 5.92 Å². The highest BCUT2D eigenvalue weighted by Crippen LogP contribution is 2.38. The Bertz CT molecular complexity index is 874. The van der Waals surface area contributed by atoms with Gasteiger partial charge in [-0.25, -0.2) is 9.69 Å². The first-order valence-corrected chi connectivity index (χ1v) is 11.5. The molecule has 0 bridgehead atoms. The molecule has 0 saturated carbocycles. The van der Waals surface area contributed by atoms with Crippen LogP contribution in [-0.2, 0) is 19.1 Å². The van der Waals surface area contributed by atoms with Gasteiger partial charge in [0, 0.05) is 13.0 Å². The molecule has 2 amide bonds. The van der Waals surface area contributed by atoms with Gasteiger partial charge in [0.1, 0.15) is 18.8 Å². The number of benzene rings is 1. The van der Waals surface area contributed by atoms with Crippen molar-refractivity contribution >= 4 is 33.7 Å². The molecule has 32 heavy (non-hydrogen) atoms. The van der Waals surface area contributed by atoms with E-state index in [0.717, 1.165) is 23.3 Å². The third-order valence-corrected chi connectivity index (χ3v) is 6.66. The number of ether oxygens (including phenoxy) is 2. The SMILES string of the molecule is CC(C(=O)N1C(=O)OCC1c1ccccc1)C1OC(O)(CCCCCCO)C(Br)=CC1=O. The molecule has 3 rings (SSSR count). The smallest absolute Gasteiger partial charge is 0.417 e. The Morgan fingerprint density at radius 2 is 1.91 bits per heavy atom. The molecule has 8 nitrogen and oxygen atoms in total. The number of aliphatic hydroxyl groups is 2. The fraction of sp³-hybridized carbons (Fsp3) is 0.522. The maximum absolute atomic E-state index is 13.3. The molecule has 4 unspecified atom stereocenters. The molecule has 1 aromatic carbocycles. The first-order chi connectivity index (χ1) is 15.3. The number of carbonyl (C=O) groups excluding carboxylic acids is 3. The molecule has 1 saturated heterocycles. The van der Waals surface area contributed by atoms with E-state index in [1.807, 2.05) is 6.07 Å². The van der Waals surface area contributed by atoms with Gasteiger partial charge in [-0.15, -0.1) is 0 Å². The molecule has 2 N–H and O–H groups in total. The van der Waals surface area contributed by atoms with Gasteiger partial charge in [0.25, 0.3) is 0 Å². The lowest BCUT2D eigenvalue weighted by molar-refractivity contribution is -0.217. The predicted octanol–water partition coefficient (Wildman–Crippen LogP) is 3.22. The lowest BCUT2D eigenvalue weighted by Gasteiger charge is -2.37. The van der Waals surface area contributed by atoms with Crippen LogP contribution in [0.5, 0.6) is 0 Å². The van der Waals surface area contributed by atoms with E-state index in [9.17, 15) is 19.5 Å². The van der Waals surface area contributed by atoms with Gasteiger partial charge in [-0.3, -0.25) is 9.59 Å². The van der Waals surface area contributed by atoms with Crippen LogP contribution in [0.25, 0.3) is 0 Å². The largest absolute Gasteiger partial charge is 0.446 e. The topological polar surface area (TPSA) is 113 Å². The Balaban J connectivity index is 1.74. The van der Waals surface area contributed by atoms with Gasteiger partial charge in [-0.2, -0.15) is 0 Å². The van der Waals surface area contributed by atoms with E-state index in [4.69, 9.17) is 14.6 Å². The highest BCUT2D eigenvalue weighted by atomic mass is 79.9. The number of amides is 2. The average Bonchev–Trinajstić information content (AvgIpc) is 3.17. The van der Waals surface area contributed by atoms with Crippen LogP contribution in [0.4, 0.5) is 4.79 Å². The van der Waals surface area contributed by atoms with Crippen molar-refractivity contribution in [2.24, 2.45) is 5.92 Å². The highest BCUT2D eigenvalue weighted by Gasteiger charge is 2.48. The number of imide groups is 1. The van der Waals surface area contributed by atoms with Crippen LogP contribution in [0.3, 0.4) is 0 Å². The predicted molar refractivity (Wildman–Crippen MR) is 119 cm³/mol. The van der Waals surface area contributed by atoms with Crippen molar-refractivity contribution in [3.8, 4) is 0 Å². The Labute approximate surface area is 195 Å². The monoisotopic (exact) mass is 509 g/mol. The van der Waals surface area contributed by atoms with E-state index in [2.05, 4.69) is 15.9 Å². The molecule has 1 fully saturated rings. The molecule has 2 heterocycles. The summed E-state index contributed by atoms with van der Waals surface area (Å²) in [6.45, 7) is 1.65. The summed E-state index contributed by atoms with van der Waals surface area (Å²) in [7, 11) is 0. The highest BCUT2D eigenvalue weighted by molar-refractivity contribution is 9.11. The summed E-state index contributed by atoms with van der Waals surface area (Å²) in [4.78, 5) is 39.3. The van der Waals surface area contributed by atoms with Crippen LogP contribution >= 0.6 is 15.9 Å². The summed E-state index contributed by atoms with van der Waals surface area (Å²) in [5, 5.41) is 19.9. The van der Waals surface area contributed by atoms with Gasteiger partial charge in [-0.1, -0.05) is 50.1 Å². The Morgan fingerprint density at radius 1 is 1.22 bits per heavy atom. The van der Waals surface area contributed by atoms with Crippen molar-refractivity contribution < 1.29 is 34.1 Å². The molecule has 0 spiro atoms.